The van der Waals surface area contributed by atoms with E-state index in [9.17, 15) is 9.59 Å². The van der Waals surface area contributed by atoms with E-state index in [0.717, 1.165) is 68.6 Å². The molecule has 133 heavy (non-hydrogen) atoms. The van der Waals surface area contributed by atoms with Gasteiger partial charge in [0, 0.05) is 104 Å². The van der Waals surface area contributed by atoms with Crippen molar-refractivity contribution in [3.63, 3.8) is 0 Å². The summed E-state index contributed by atoms with van der Waals surface area (Å²) in [6, 6.07) is 5.63. The van der Waals surface area contributed by atoms with Crippen molar-refractivity contribution in [2.75, 3.05) is 164 Å². The maximum atomic E-state index is 11.1. The molecule has 9 saturated heterocycles. The molecule has 0 aromatic carbocycles. The molecule has 10 rings (SSSR count). The summed E-state index contributed by atoms with van der Waals surface area (Å²) in [5, 5.41) is 0. The zero-order valence-electron chi connectivity index (χ0n) is 95.6. The molecule has 0 bridgehead atoms. The highest BCUT2D eigenvalue weighted by atomic mass is 16.5. The summed E-state index contributed by atoms with van der Waals surface area (Å²) in [5.74, 6) is 5.90. The zero-order valence-corrected chi connectivity index (χ0v) is 95.6. The van der Waals surface area contributed by atoms with Gasteiger partial charge >= 0.3 is 0 Å². The Morgan fingerprint density at radius 1 is 0.338 bits per heavy atom. The van der Waals surface area contributed by atoms with Gasteiger partial charge in [-0.3, -0.25) is 14.5 Å². The Morgan fingerprint density at radius 2 is 0.594 bits per heavy atom. The van der Waals surface area contributed by atoms with Crippen LogP contribution in [0.1, 0.15) is 447 Å². The molecule has 0 unspecified atom stereocenters. The van der Waals surface area contributed by atoms with Crippen LogP contribution in [0.15, 0.2) is 24.4 Å². The average Bonchev–Trinajstić information content (AvgIpc) is 0.975. The Hall–Kier alpha value is -2.55. The van der Waals surface area contributed by atoms with Gasteiger partial charge in [-0.25, -0.2) is 4.98 Å². The fourth-order valence-corrected chi connectivity index (χ4v) is 19.4. The highest BCUT2D eigenvalue weighted by Crippen LogP contribution is 2.34. The molecule has 0 N–H and O–H groups in total. The molecular weight excluding hydrogens is 1650 g/mol. The summed E-state index contributed by atoms with van der Waals surface area (Å²) in [5.41, 5.74) is 1.74. The Balaban J connectivity index is 0.000000741. The molecule has 1 aromatic rings. The molecule has 9 aliphatic rings. The molecule has 2 amide bonds. The predicted octanol–water partition coefficient (Wildman–Crippen LogP) is 27.7. The number of hydrogen-bond acceptors (Lipinski definition) is 15. The van der Waals surface area contributed by atoms with Crippen LogP contribution in [0.25, 0.3) is 0 Å². The number of carbonyl (C=O) groups excluding carboxylic acids is 2. The lowest BCUT2D eigenvalue weighted by Gasteiger charge is -2.38. The molecule has 9 fully saturated rings. The highest BCUT2D eigenvalue weighted by Gasteiger charge is 2.31. The minimum absolute atomic E-state index is 0.0254. The van der Waals surface area contributed by atoms with Crippen LogP contribution in [0.5, 0.6) is 5.88 Å². The third kappa shape index (κ3) is 72.4. The van der Waals surface area contributed by atoms with Gasteiger partial charge in [0.05, 0.1) is 41.2 Å². The van der Waals surface area contributed by atoms with E-state index < -0.39 is 0 Å². The largest absolute Gasteiger partial charge is 0.472 e. The van der Waals surface area contributed by atoms with Crippen LogP contribution in [0.2, 0.25) is 0 Å². The fraction of sp³-hybridized carbons (Fsp3) is 0.940. The number of aromatic nitrogens is 1. The molecule has 0 saturated carbocycles. The summed E-state index contributed by atoms with van der Waals surface area (Å²) < 4.78 is 28.6. The molecule has 0 radical (unpaired) electrons. The number of pyridine rings is 1. The molecule has 0 spiro atoms. The summed E-state index contributed by atoms with van der Waals surface area (Å²) >= 11 is 0. The van der Waals surface area contributed by atoms with Gasteiger partial charge in [0.15, 0.2) is 0 Å². The van der Waals surface area contributed by atoms with E-state index in [4.69, 9.17) is 23.7 Å². The first kappa shape index (κ1) is 128. The third-order valence-corrected chi connectivity index (χ3v) is 27.2. The number of carbonyl (C=O) groups is 2. The van der Waals surface area contributed by atoms with Crippen molar-refractivity contribution >= 4 is 11.8 Å². The molecule has 788 valence electrons. The van der Waals surface area contributed by atoms with E-state index in [1.54, 1.807) is 20.0 Å². The maximum absolute atomic E-state index is 11.1. The normalized spacial score (nSPS) is 20.2. The average molecular weight is 1880 g/mol. The highest BCUT2D eigenvalue weighted by molar-refractivity contribution is 5.73. The lowest BCUT2D eigenvalue weighted by molar-refractivity contribution is -0.134. The van der Waals surface area contributed by atoms with Crippen molar-refractivity contribution in [1.29, 1.82) is 0 Å². The van der Waals surface area contributed by atoms with Crippen LogP contribution in [0.4, 0.5) is 0 Å². The topological polar surface area (TPSA) is 122 Å². The van der Waals surface area contributed by atoms with Gasteiger partial charge in [0.1, 0.15) is 5.60 Å². The van der Waals surface area contributed by atoms with Crippen LogP contribution < -0.4 is 4.74 Å². The second-order valence-corrected chi connectivity index (χ2v) is 50.4. The third-order valence-electron chi connectivity index (χ3n) is 27.2. The van der Waals surface area contributed by atoms with Crippen molar-refractivity contribution in [3.05, 3.63) is 24.4 Å². The first-order chi connectivity index (χ1) is 62.1. The molecule has 9 aliphatic heterocycles. The van der Waals surface area contributed by atoms with E-state index in [2.05, 4.69) is 240 Å². The fourth-order valence-electron chi connectivity index (χ4n) is 19.4. The van der Waals surface area contributed by atoms with Gasteiger partial charge in [-0.05, 0) is 440 Å². The number of nitrogens with zero attached hydrogens (tertiary/aromatic N) is 10. The van der Waals surface area contributed by atoms with Crippen LogP contribution in [-0.4, -0.2) is 277 Å². The van der Waals surface area contributed by atoms with Crippen LogP contribution >= 0.6 is 0 Å². The summed E-state index contributed by atoms with van der Waals surface area (Å²) in [6.07, 6.45) is 47.0. The Morgan fingerprint density at radius 3 is 0.812 bits per heavy atom. The van der Waals surface area contributed by atoms with Crippen molar-refractivity contribution in [3.8, 4) is 5.88 Å². The van der Waals surface area contributed by atoms with Gasteiger partial charge in [-0.15, -0.1) is 0 Å². The number of ether oxygens (including phenoxy) is 5. The van der Waals surface area contributed by atoms with Crippen LogP contribution in [-0.2, 0) is 28.5 Å². The van der Waals surface area contributed by atoms with Gasteiger partial charge in [0.2, 0.25) is 17.7 Å². The lowest BCUT2D eigenvalue weighted by Crippen LogP contribution is -2.44. The number of likely N-dealkylation sites (tertiary alicyclic amines) is 9. The van der Waals surface area contributed by atoms with Crippen LogP contribution in [0.3, 0.4) is 0 Å². The van der Waals surface area contributed by atoms with Gasteiger partial charge in [0.25, 0.3) is 0 Å². The first-order valence-corrected chi connectivity index (χ1v) is 55.8. The maximum Gasteiger partial charge on any atom is 0.219 e. The molecule has 17 nitrogen and oxygen atoms in total. The standard InChI is InChI=1S/2C14H29N.C13H25NO.C13H27N.2C12H25NO.C11H21NO2.C9H13NO.C9H19NO.C9H19N/c2*1-5-10-15-11-7-13(8-12-15)6-9-14(2,3)4;1-11(15)14-9-6-12(7-10-14)5-8-13(2,3)4;1-4-9-14-10-7-13(8-11-14)6-5-12(2)3;2*1-5-8-13-9-6-11(7-10-13)14-12(2,3)4;1-9(13)12-7-5-10(6-8-12)14-11(2,3)4;1-9(2,3)11-8-6-4-5-7-10-8;1-3-6-10-7-4-9(11-2)5-8-10;1-9(2,3)10-7-5-4-6-8-10/h2*13H,5-12H2,1-4H3;12H,5-10H2,1-4H3;12-13H,4-11H2,1-3H3;2*11H,5-10H2,1-4H3;10H,5-8H2,1-4H3;4-7H,1-3H3;9H,3-8H2,1-2H3;4-8H2,1-3H3. The van der Waals surface area contributed by atoms with E-state index in [1.165, 1.54) is 330 Å². The van der Waals surface area contributed by atoms with Gasteiger partial charge < -0.3 is 62.9 Å². The number of piperidine rings is 9. The number of amides is 2. The van der Waals surface area contributed by atoms with E-state index in [0.29, 0.717) is 52.1 Å². The van der Waals surface area contributed by atoms with Crippen molar-refractivity contribution < 1.29 is 33.3 Å². The molecule has 0 atom stereocenters. The van der Waals surface area contributed by atoms with Gasteiger partial charge in [-0.2, -0.15) is 0 Å². The minimum atomic E-state index is -0.158. The minimum Gasteiger partial charge on any atom is -0.472 e. The van der Waals surface area contributed by atoms with E-state index >= 15 is 0 Å². The number of methoxy groups -OCH3 is 1. The van der Waals surface area contributed by atoms with Crippen molar-refractivity contribution in [2.45, 2.75) is 500 Å². The number of hydrogen-bond donors (Lipinski definition) is 0. The van der Waals surface area contributed by atoms with Crippen molar-refractivity contribution in [2.24, 2.45) is 45.8 Å². The summed E-state index contributed by atoms with van der Waals surface area (Å²) in [6.45, 7) is 104. The molecule has 10 heterocycles. The smallest absolute Gasteiger partial charge is 0.219 e. The Labute approximate surface area is 829 Å². The molecule has 0 aliphatic carbocycles. The van der Waals surface area contributed by atoms with Crippen LogP contribution in [0, 0.1) is 45.8 Å². The quantitative estimate of drug-likeness (QED) is 0.0874. The lowest BCUT2D eigenvalue weighted by atomic mass is 9.83. The molecular formula is C116H232N10O7. The van der Waals surface area contributed by atoms with E-state index in [-0.39, 0.29) is 34.2 Å². The molecule has 17 heteroatoms. The number of rotatable bonds is 26. The van der Waals surface area contributed by atoms with E-state index in [1.807, 2.05) is 55.9 Å². The monoisotopic (exact) mass is 1880 g/mol. The first-order valence-electron chi connectivity index (χ1n) is 55.8. The van der Waals surface area contributed by atoms with Gasteiger partial charge in [-0.1, -0.05) is 143 Å². The Kier molecular flexibility index (Phi) is 67.0. The second kappa shape index (κ2) is 69.4. The second-order valence-electron chi connectivity index (χ2n) is 50.4. The predicted molar refractivity (Wildman–Crippen MR) is 577 cm³/mol. The summed E-state index contributed by atoms with van der Waals surface area (Å²) in [7, 11) is 1.82. The Bertz CT molecular complexity index is 2790. The summed E-state index contributed by atoms with van der Waals surface area (Å²) in [4.78, 5) is 48.2. The molecule has 1 aromatic heterocycles. The SMILES string of the molecule is CC(=O)N1CCC(CCC(C)(C)C)CC1.CC(=O)N1CCC(OC(C)(C)C)CC1.CC(C)(C)N1CCCCC1.CC(C)(C)Oc1ccccn1.CCCN1CCC(CCC(C)(C)C)CC1.CCCN1CCC(CCC(C)(C)C)CC1.CCCN1CCC(CCC(C)C)CC1.CCCN1CCC(OC(C)(C)C)CC1.CCCN1CCC(OC(C)(C)C)CC1.CCCN1CCC(OC)CC1. The van der Waals surface area contributed by atoms with Crippen molar-refractivity contribution in [1.82, 2.24) is 49.1 Å². The zero-order chi connectivity index (χ0) is 101.